The number of guanidine groups is 1. The summed E-state index contributed by atoms with van der Waals surface area (Å²) in [4.78, 5) is 18.6. The van der Waals surface area contributed by atoms with Gasteiger partial charge in [-0.2, -0.15) is 4.31 Å². The van der Waals surface area contributed by atoms with E-state index < -0.39 is 10.0 Å². The van der Waals surface area contributed by atoms with Crippen LogP contribution >= 0.6 is 24.0 Å². The van der Waals surface area contributed by atoms with Crippen molar-refractivity contribution in [2.24, 2.45) is 16.5 Å². The van der Waals surface area contributed by atoms with Gasteiger partial charge in [0.05, 0.1) is 10.6 Å². The molecule has 33 heavy (non-hydrogen) atoms. The molecule has 1 fully saturated rings. The maximum Gasteiger partial charge on any atom is 0.253 e. The standard InChI is InChI=1S/C22H22ClN5O3S.ClH/c23-18-5-1-17-14-20(8-4-16(17)13-18)32(30,31)28-11-9-27(10-12-28)21(29)15-2-6-19(7-3-15)26-22(24)25;/h1-8,13-14H,9-12H2,(H4,24,25,26);1H. The molecule has 11 heteroatoms. The van der Waals surface area contributed by atoms with Crippen molar-refractivity contribution in [3.63, 3.8) is 0 Å². The number of sulfonamides is 1. The average Bonchev–Trinajstić information content (AvgIpc) is 2.78. The first-order valence-electron chi connectivity index (χ1n) is 9.92. The maximum absolute atomic E-state index is 13.1. The lowest BCUT2D eigenvalue weighted by Crippen LogP contribution is -2.50. The molecule has 8 nitrogen and oxygen atoms in total. The van der Waals surface area contributed by atoms with Gasteiger partial charge in [0.25, 0.3) is 5.91 Å². The smallest absolute Gasteiger partial charge is 0.253 e. The third kappa shape index (κ3) is 5.39. The average molecular weight is 508 g/mol. The summed E-state index contributed by atoms with van der Waals surface area (Å²) >= 11 is 6.01. The highest BCUT2D eigenvalue weighted by Gasteiger charge is 2.30. The second-order valence-corrected chi connectivity index (χ2v) is 9.81. The van der Waals surface area contributed by atoms with Crippen LogP contribution in [0.4, 0.5) is 5.69 Å². The molecule has 0 aliphatic carbocycles. The molecule has 0 saturated carbocycles. The Kier molecular flexibility index (Phi) is 7.48. The summed E-state index contributed by atoms with van der Waals surface area (Å²) in [5, 5.41) is 2.27. The Labute approximate surface area is 203 Å². The van der Waals surface area contributed by atoms with Crippen LogP contribution in [-0.2, 0) is 10.0 Å². The van der Waals surface area contributed by atoms with Crippen LogP contribution in [0, 0.1) is 0 Å². The van der Waals surface area contributed by atoms with E-state index >= 15 is 0 Å². The monoisotopic (exact) mass is 507 g/mol. The number of hydrogen-bond donors (Lipinski definition) is 2. The predicted molar refractivity (Wildman–Crippen MR) is 133 cm³/mol. The van der Waals surface area contributed by atoms with Gasteiger partial charge in [-0.05, 0) is 59.3 Å². The number of aliphatic imine (C=N–C) groups is 1. The van der Waals surface area contributed by atoms with Crippen molar-refractivity contribution >= 4 is 62.4 Å². The van der Waals surface area contributed by atoms with Gasteiger partial charge in [-0.15, -0.1) is 12.4 Å². The minimum absolute atomic E-state index is 0. The summed E-state index contributed by atoms with van der Waals surface area (Å²) in [6.07, 6.45) is 0. The molecule has 1 aliphatic rings. The Balaban J connectivity index is 0.00000306. The number of piperazine rings is 1. The third-order valence-electron chi connectivity index (χ3n) is 5.31. The van der Waals surface area contributed by atoms with Gasteiger partial charge in [-0.25, -0.2) is 13.4 Å². The largest absolute Gasteiger partial charge is 0.370 e. The molecule has 0 atom stereocenters. The van der Waals surface area contributed by atoms with Crippen LogP contribution in [0.3, 0.4) is 0 Å². The summed E-state index contributed by atoms with van der Waals surface area (Å²) in [6.45, 7) is 1.05. The fraction of sp³-hybridized carbons (Fsp3) is 0.182. The van der Waals surface area contributed by atoms with E-state index in [2.05, 4.69) is 4.99 Å². The van der Waals surface area contributed by atoms with Gasteiger partial charge >= 0.3 is 0 Å². The third-order valence-corrected chi connectivity index (χ3v) is 7.44. The lowest BCUT2D eigenvalue weighted by atomic mass is 10.1. The number of rotatable bonds is 4. The number of nitrogens with zero attached hydrogens (tertiary/aromatic N) is 3. The van der Waals surface area contributed by atoms with Crippen molar-refractivity contribution in [1.82, 2.24) is 9.21 Å². The van der Waals surface area contributed by atoms with Crippen molar-refractivity contribution in [1.29, 1.82) is 0 Å². The van der Waals surface area contributed by atoms with E-state index in [9.17, 15) is 13.2 Å². The number of halogens is 2. The fourth-order valence-electron chi connectivity index (χ4n) is 3.65. The number of benzene rings is 3. The van der Waals surface area contributed by atoms with Crippen molar-refractivity contribution in [3.8, 4) is 0 Å². The van der Waals surface area contributed by atoms with Gasteiger partial charge in [-0.1, -0.05) is 23.7 Å². The quantitative estimate of drug-likeness (QED) is 0.415. The van der Waals surface area contributed by atoms with Crippen molar-refractivity contribution in [2.45, 2.75) is 4.90 Å². The molecule has 0 aromatic heterocycles. The van der Waals surface area contributed by atoms with Crippen molar-refractivity contribution in [3.05, 3.63) is 71.2 Å². The van der Waals surface area contributed by atoms with E-state index in [4.69, 9.17) is 23.1 Å². The number of nitrogens with two attached hydrogens (primary N) is 2. The predicted octanol–water partition coefficient (Wildman–Crippen LogP) is 2.97. The maximum atomic E-state index is 13.1. The summed E-state index contributed by atoms with van der Waals surface area (Å²) in [5.74, 6) is -0.225. The second-order valence-electron chi connectivity index (χ2n) is 7.43. The summed E-state index contributed by atoms with van der Waals surface area (Å²) in [5.41, 5.74) is 11.8. The highest BCUT2D eigenvalue weighted by Crippen LogP contribution is 2.25. The Morgan fingerprint density at radius 3 is 2.12 bits per heavy atom. The van der Waals surface area contributed by atoms with E-state index in [1.807, 2.05) is 0 Å². The fourth-order valence-corrected chi connectivity index (χ4v) is 5.28. The van der Waals surface area contributed by atoms with Gasteiger partial charge in [0.15, 0.2) is 5.96 Å². The molecule has 1 aliphatic heterocycles. The van der Waals surface area contributed by atoms with E-state index in [1.54, 1.807) is 65.6 Å². The first-order chi connectivity index (χ1) is 15.2. The molecule has 0 radical (unpaired) electrons. The van der Waals surface area contributed by atoms with Crippen LogP contribution in [0.1, 0.15) is 10.4 Å². The van der Waals surface area contributed by atoms with Crippen molar-refractivity contribution in [2.75, 3.05) is 26.2 Å². The van der Waals surface area contributed by atoms with Crippen LogP contribution in [0.15, 0.2) is 70.6 Å². The zero-order chi connectivity index (χ0) is 22.9. The molecule has 1 amide bonds. The lowest BCUT2D eigenvalue weighted by molar-refractivity contribution is 0.0698. The van der Waals surface area contributed by atoms with Crippen LogP contribution < -0.4 is 11.5 Å². The van der Waals surface area contributed by atoms with E-state index in [0.29, 0.717) is 29.4 Å². The number of hydrogen-bond acceptors (Lipinski definition) is 4. The van der Waals surface area contributed by atoms with Gasteiger partial charge in [0.1, 0.15) is 0 Å². The van der Waals surface area contributed by atoms with Crippen LogP contribution in [0.2, 0.25) is 5.02 Å². The Bertz CT molecular complexity index is 1300. The van der Waals surface area contributed by atoms with Crippen LogP contribution in [-0.4, -0.2) is 55.7 Å². The minimum atomic E-state index is -3.67. The zero-order valence-electron chi connectivity index (χ0n) is 17.5. The molecular formula is C22H23Cl2N5O3S. The topological polar surface area (TPSA) is 122 Å². The molecule has 0 unspecified atom stereocenters. The summed E-state index contributed by atoms with van der Waals surface area (Å²) in [6, 6.07) is 16.9. The highest BCUT2D eigenvalue weighted by molar-refractivity contribution is 7.89. The molecule has 174 valence electrons. The summed E-state index contributed by atoms with van der Waals surface area (Å²) < 4.78 is 27.7. The first kappa shape index (κ1) is 24.8. The molecule has 0 bridgehead atoms. The molecular weight excluding hydrogens is 485 g/mol. The number of carbonyl (C=O) groups is 1. The molecule has 3 aromatic rings. The number of carbonyl (C=O) groups excluding carboxylic acids is 1. The van der Waals surface area contributed by atoms with Crippen molar-refractivity contribution < 1.29 is 13.2 Å². The Morgan fingerprint density at radius 1 is 0.879 bits per heavy atom. The minimum Gasteiger partial charge on any atom is -0.370 e. The molecule has 1 heterocycles. The van der Waals surface area contributed by atoms with Gasteiger partial charge in [-0.3, -0.25) is 4.79 Å². The normalized spacial score (nSPS) is 14.5. The number of amides is 1. The van der Waals surface area contributed by atoms with E-state index in [-0.39, 0.29) is 42.3 Å². The Morgan fingerprint density at radius 2 is 1.48 bits per heavy atom. The second kappa shape index (κ2) is 9.96. The number of fused-ring (bicyclic) bond motifs is 1. The Hall–Kier alpha value is -2.85. The summed E-state index contributed by atoms with van der Waals surface area (Å²) in [7, 11) is -3.67. The molecule has 0 spiro atoms. The van der Waals surface area contributed by atoms with Gasteiger partial charge in [0, 0.05) is 36.8 Å². The first-order valence-corrected chi connectivity index (χ1v) is 11.7. The van der Waals surface area contributed by atoms with Crippen LogP contribution in [0.25, 0.3) is 10.8 Å². The van der Waals surface area contributed by atoms with E-state index in [1.165, 1.54) is 4.31 Å². The van der Waals surface area contributed by atoms with E-state index in [0.717, 1.165) is 10.8 Å². The lowest BCUT2D eigenvalue weighted by Gasteiger charge is -2.34. The zero-order valence-corrected chi connectivity index (χ0v) is 19.9. The molecule has 1 saturated heterocycles. The highest BCUT2D eigenvalue weighted by atomic mass is 35.5. The molecule has 3 aromatic carbocycles. The van der Waals surface area contributed by atoms with Crippen LogP contribution in [0.5, 0.6) is 0 Å². The van der Waals surface area contributed by atoms with Gasteiger partial charge < -0.3 is 16.4 Å². The molecule has 4 rings (SSSR count). The molecule has 4 N–H and O–H groups in total. The SMILES string of the molecule is Cl.NC(N)=Nc1ccc(C(=O)N2CCN(S(=O)(=O)c3ccc4cc(Cl)ccc4c3)CC2)cc1. The van der Waals surface area contributed by atoms with Gasteiger partial charge in [0.2, 0.25) is 10.0 Å².